The lowest BCUT2D eigenvalue weighted by molar-refractivity contribution is -0.484. The average Bonchev–Trinajstić information content (AvgIpc) is 2.99. The summed E-state index contributed by atoms with van der Waals surface area (Å²) in [6, 6.07) is 24.1. The van der Waals surface area contributed by atoms with Crippen molar-refractivity contribution in [2.75, 3.05) is 11.9 Å². The lowest BCUT2D eigenvalue weighted by atomic mass is 9.64. The minimum atomic E-state index is -1.20. The number of hydrogen-bond donors (Lipinski definition) is 1. The molecule has 1 aliphatic rings. The summed E-state index contributed by atoms with van der Waals surface area (Å²) >= 11 is 3.49. The Morgan fingerprint density at radius 1 is 1.00 bits per heavy atom. The number of amides is 1. The van der Waals surface area contributed by atoms with Crippen LogP contribution >= 0.6 is 15.9 Å². The first-order valence-electron chi connectivity index (χ1n) is 8.87. The first-order valence-corrected chi connectivity index (χ1v) is 9.66. The second-order valence-corrected chi connectivity index (χ2v) is 7.71. The molecule has 0 radical (unpaired) electrons. The van der Waals surface area contributed by atoms with E-state index < -0.39 is 11.3 Å². The third-order valence-corrected chi connectivity index (χ3v) is 5.79. The molecule has 2 atom stereocenters. The Labute approximate surface area is 170 Å². The topological polar surface area (TPSA) is 72.2 Å². The number of fused-ring (bicyclic) bond motifs is 1. The number of hydrogen-bond acceptors (Lipinski definition) is 3. The highest BCUT2D eigenvalue weighted by atomic mass is 79.9. The molecule has 0 saturated heterocycles. The number of carbonyl (C=O) groups is 1. The van der Waals surface area contributed by atoms with Crippen LogP contribution in [0.4, 0.5) is 5.69 Å². The van der Waals surface area contributed by atoms with Gasteiger partial charge in [-0.25, -0.2) is 0 Å². The van der Waals surface area contributed by atoms with Crippen molar-refractivity contribution in [1.82, 2.24) is 0 Å². The van der Waals surface area contributed by atoms with Gasteiger partial charge in [0.2, 0.25) is 12.5 Å². The molecule has 6 heteroatoms. The van der Waals surface area contributed by atoms with Crippen LogP contribution < -0.4 is 5.32 Å². The van der Waals surface area contributed by atoms with Crippen molar-refractivity contribution in [2.45, 2.75) is 11.3 Å². The summed E-state index contributed by atoms with van der Waals surface area (Å²) in [6.45, 7) is -0.363. The maximum atomic E-state index is 13.5. The van der Waals surface area contributed by atoms with Crippen molar-refractivity contribution >= 4 is 27.5 Å². The second-order valence-electron chi connectivity index (χ2n) is 6.80. The smallest absolute Gasteiger partial charge is 0.240 e. The number of anilines is 1. The molecule has 1 heterocycles. The van der Waals surface area contributed by atoms with Crippen molar-refractivity contribution in [2.24, 2.45) is 0 Å². The lowest BCUT2D eigenvalue weighted by Crippen LogP contribution is -2.44. The molecule has 1 aliphatic heterocycles. The Morgan fingerprint density at radius 2 is 1.64 bits per heavy atom. The fourth-order valence-electron chi connectivity index (χ4n) is 4.16. The van der Waals surface area contributed by atoms with E-state index in [1.54, 1.807) is 0 Å². The molecule has 28 heavy (non-hydrogen) atoms. The molecule has 3 aromatic carbocycles. The second kappa shape index (κ2) is 7.20. The molecule has 5 nitrogen and oxygen atoms in total. The number of rotatable bonds is 5. The number of nitro groups is 1. The van der Waals surface area contributed by atoms with Gasteiger partial charge in [0.15, 0.2) is 0 Å². The van der Waals surface area contributed by atoms with Crippen LogP contribution in [0.25, 0.3) is 0 Å². The molecular weight excluding hydrogens is 420 g/mol. The van der Waals surface area contributed by atoms with Gasteiger partial charge in [0.25, 0.3) is 0 Å². The van der Waals surface area contributed by atoms with Crippen LogP contribution in [0.2, 0.25) is 0 Å². The Bertz CT molecular complexity index is 1040. The Morgan fingerprint density at radius 3 is 2.29 bits per heavy atom. The van der Waals surface area contributed by atoms with Gasteiger partial charge in [-0.05, 0) is 34.9 Å². The first kappa shape index (κ1) is 18.4. The molecule has 0 aromatic heterocycles. The molecule has 140 valence electrons. The molecular formula is C22H17BrN2O3. The van der Waals surface area contributed by atoms with E-state index in [9.17, 15) is 14.9 Å². The Balaban J connectivity index is 2.06. The van der Waals surface area contributed by atoms with Crippen LogP contribution in [-0.2, 0) is 10.2 Å². The minimum Gasteiger partial charge on any atom is -0.325 e. The van der Waals surface area contributed by atoms with E-state index in [1.807, 2.05) is 78.9 Å². The molecule has 0 spiro atoms. The van der Waals surface area contributed by atoms with Crippen LogP contribution in [0.3, 0.4) is 0 Å². The summed E-state index contributed by atoms with van der Waals surface area (Å²) in [6.07, 6.45) is 0. The predicted octanol–water partition coefficient (Wildman–Crippen LogP) is 4.75. The highest BCUT2D eigenvalue weighted by Crippen LogP contribution is 2.52. The normalized spacial score (nSPS) is 19.0. The monoisotopic (exact) mass is 436 g/mol. The zero-order valence-electron chi connectivity index (χ0n) is 14.8. The van der Waals surface area contributed by atoms with E-state index >= 15 is 0 Å². The van der Waals surface area contributed by atoms with Crippen LogP contribution in [0.15, 0.2) is 83.3 Å². The zero-order chi connectivity index (χ0) is 19.7. The standard InChI is InChI=1S/C22H17BrN2O3/c23-17-11-12-20-18(13-17)22(21(26)24-20,16-9-5-2-6-10-16)19(14-25(27)28)15-7-3-1-4-8-15/h1-13,19H,14H2,(H,24,26)/t19-,22-/m0/s1. The maximum Gasteiger partial charge on any atom is 0.240 e. The van der Waals surface area contributed by atoms with Crippen molar-refractivity contribution in [3.63, 3.8) is 0 Å². The van der Waals surface area contributed by atoms with Crippen molar-refractivity contribution in [3.05, 3.63) is 110 Å². The van der Waals surface area contributed by atoms with Crippen LogP contribution in [0, 0.1) is 10.1 Å². The van der Waals surface area contributed by atoms with Gasteiger partial charge in [-0.15, -0.1) is 0 Å². The largest absolute Gasteiger partial charge is 0.325 e. The molecule has 3 aromatic rings. The number of nitrogens with zero attached hydrogens (tertiary/aromatic N) is 1. The number of nitrogens with one attached hydrogen (secondary N) is 1. The number of benzene rings is 3. The van der Waals surface area contributed by atoms with Crippen molar-refractivity contribution in [1.29, 1.82) is 0 Å². The Kier molecular flexibility index (Phi) is 4.73. The lowest BCUT2D eigenvalue weighted by Gasteiger charge is -2.35. The van der Waals surface area contributed by atoms with E-state index in [-0.39, 0.29) is 17.4 Å². The summed E-state index contributed by atoms with van der Waals surface area (Å²) in [5.41, 5.74) is 1.72. The van der Waals surface area contributed by atoms with Gasteiger partial charge >= 0.3 is 0 Å². The summed E-state index contributed by atoms with van der Waals surface area (Å²) in [5.74, 6) is -0.913. The van der Waals surface area contributed by atoms with Gasteiger partial charge in [0.1, 0.15) is 5.41 Å². The molecule has 0 bridgehead atoms. The maximum absolute atomic E-state index is 13.5. The molecule has 0 aliphatic carbocycles. The summed E-state index contributed by atoms with van der Waals surface area (Å²) in [5, 5.41) is 14.6. The summed E-state index contributed by atoms with van der Waals surface area (Å²) in [4.78, 5) is 24.8. The molecule has 0 saturated carbocycles. The van der Waals surface area contributed by atoms with E-state index in [0.29, 0.717) is 5.69 Å². The van der Waals surface area contributed by atoms with Gasteiger partial charge in [-0.1, -0.05) is 76.6 Å². The van der Waals surface area contributed by atoms with Crippen LogP contribution in [0.5, 0.6) is 0 Å². The van der Waals surface area contributed by atoms with Gasteiger partial charge in [-0.3, -0.25) is 14.9 Å². The quantitative estimate of drug-likeness (QED) is 0.463. The highest BCUT2D eigenvalue weighted by Gasteiger charge is 2.55. The third-order valence-electron chi connectivity index (χ3n) is 5.30. The number of carbonyl (C=O) groups excluding carboxylic acids is 1. The Hall–Kier alpha value is -2.99. The fraction of sp³-hybridized carbons (Fsp3) is 0.136. The van der Waals surface area contributed by atoms with E-state index in [2.05, 4.69) is 21.2 Å². The van der Waals surface area contributed by atoms with Crippen molar-refractivity contribution < 1.29 is 9.72 Å². The van der Waals surface area contributed by atoms with Gasteiger partial charge in [0, 0.05) is 15.1 Å². The zero-order valence-corrected chi connectivity index (χ0v) is 16.4. The van der Waals surface area contributed by atoms with Gasteiger partial charge < -0.3 is 5.32 Å². The first-order chi connectivity index (χ1) is 13.5. The van der Waals surface area contributed by atoms with E-state index in [4.69, 9.17) is 0 Å². The SMILES string of the molecule is O=C1Nc2ccc(Br)cc2[C@@]1(c1ccccc1)[C@@H](C[N+](=O)[O-])c1ccccc1. The highest BCUT2D eigenvalue weighted by molar-refractivity contribution is 9.10. The predicted molar refractivity (Wildman–Crippen MR) is 111 cm³/mol. The van der Waals surface area contributed by atoms with E-state index in [1.165, 1.54) is 0 Å². The fourth-order valence-corrected chi connectivity index (χ4v) is 4.52. The van der Waals surface area contributed by atoms with Gasteiger partial charge in [0.05, 0.1) is 5.92 Å². The van der Waals surface area contributed by atoms with Gasteiger partial charge in [-0.2, -0.15) is 0 Å². The van der Waals surface area contributed by atoms with E-state index in [0.717, 1.165) is 21.2 Å². The molecule has 4 rings (SSSR count). The minimum absolute atomic E-state index is 0.248. The summed E-state index contributed by atoms with van der Waals surface area (Å²) in [7, 11) is 0. The third kappa shape index (κ3) is 2.90. The van der Waals surface area contributed by atoms with Crippen molar-refractivity contribution in [3.8, 4) is 0 Å². The number of halogens is 1. The van der Waals surface area contributed by atoms with Crippen LogP contribution in [0.1, 0.15) is 22.6 Å². The summed E-state index contributed by atoms with van der Waals surface area (Å²) < 4.78 is 0.816. The molecule has 0 unspecified atom stereocenters. The molecule has 0 fully saturated rings. The molecule has 1 amide bonds. The van der Waals surface area contributed by atoms with Crippen LogP contribution in [-0.4, -0.2) is 17.4 Å². The average molecular weight is 437 g/mol. The molecule has 1 N–H and O–H groups in total.